The molecule has 0 unspecified atom stereocenters. The van der Waals surface area contributed by atoms with E-state index in [2.05, 4.69) is 30.4 Å². The first kappa shape index (κ1) is 13.8. The van der Waals surface area contributed by atoms with Crippen molar-refractivity contribution in [2.24, 2.45) is 0 Å². The molecule has 0 aliphatic carbocycles. The molecular weight excluding hydrogens is 307 g/mol. The summed E-state index contributed by atoms with van der Waals surface area (Å²) < 4.78 is 45.0. The molecule has 1 aromatic rings. The van der Waals surface area contributed by atoms with E-state index in [4.69, 9.17) is 0 Å². The number of pyridine rings is 1. The van der Waals surface area contributed by atoms with Crippen molar-refractivity contribution in [2.75, 3.05) is 7.11 Å². The molecule has 0 radical (unpaired) electrons. The van der Waals surface area contributed by atoms with Crippen LogP contribution in [0.15, 0.2) is 6.20 Å². The quantitative estimate of drug-likeness (QED) is 0.633. The summed E-state index contributed by atoms with van der Waals surface area (Å²) in [7, 11) is 1.16. The Morgan fingerprint density at radius 2 is 2.18 bits per heavy atom. The normalized spacial score (nSPS) is 11.1. The second-order valence-corrected chi connectivity index (χ2v) is 3.38. The predicted molar refractivity (Wildman–Crippen MR) is 55.5 cm³/mol. The summed E-state index contributed by atoms with van der Waals surface area (Å²) in [5.41, 5.74) is -0.154. The van der Waals surface area contributed by atoms with Crippen LogP contribution in [0.5, 0.6) is 11.5 Å². The molecule has 94 valence electrons. The Labute approximate surface area is 103 Å². The van der Waals surface area contributed by atoms with E-state index in [1.165, 1.54) is 0 Å². The number of nitrogens with zero attached hydrogens (tertiary/aromatic N) is 1. The summed E-state index contributed by atoms with van der Waals surface area (Å²) >= 11 is 3.01. The van der Waals surface area contributed by atoms with Gasteiger partial charge in [-0.25, -0.2) is 0 Å². The van der Waals surface area contributed by atoms with E-state index < -0.39 is 12.1 Å². The van der Waals surface area contributed by atoms with E-state index >= 15 is 0 Å². The Bertz CT molecular complexity index is 423. The number of carbonyl (C=O) groups is 1. The van der Waals surface area contributed by atoms with Gasteiger partial charge >= 0.3 is 6.36 Å². The summed E-state index contributed by atoms with van der Waals surface area (Å²) in [6.45, 7) is 0. The summed E-state index contributed by atoms with van der Waals surface area (Å²) in [6, 6.07) is 0. The minimum absolute atomic E-state index is 0.124. The van der Waals surface area contributed by atoms with Crippen molar-refractivity contribution < 1.29 is 27.4 Å². The fourth-order valence-corrected chi connectivity index (χ4v) is 1.57. The Morgan fingerprint density at radius 3 is 2.59 bits per heavy atom. The lowest BCUT2D eigenvalue weighted by molar-refractivity contribution is -0.275. The van der Waals surface area contributed by atoms with E-state index in [-0.39, 0.29) is 28.6 Å². The van der Waals surface area contributed by atoms with Gasteiger partial charge in [0, 0.05) is 5.33 Å². The molecule has 0 spiro atoms. The molecule has 0 bridgehead atoms. The molecule has 4 nitrogen and oxygen atoms in total. The SMILES string of the molecule is COc1cnc(CBr)c(C=O)c1OC(F)(F)F. The number of hydrogen-bond donors (Lipinski definition) is 0. The van der Waals surface area contributed by atoms with Gasteiger partial charge < -0.3 is 9.47 Å². The van der Waals surface area contributed by atoms with Crippen LogP contribution in [0.3, 0.4) is 0 Å². The van der Waals surface area contributed by atoms with E-state index in [0.29, 0.717) is 0 Å². The predicted octanol–water partition coefficient (Wildman–Crippen LogP) is 2.70. The van der Waals surface area contributed by atoms with Crippen LogP contribution in [0.25, 0.3) is 0 Å². The van der Waals surface area contributed by atoms with E-state index in [9.17, 15) is 18.0 Å². The summed E-state index contributed by atoms with van der Waals surface area (Å²) in [4.78, 5) is 14.6. The van der Waals surface area contributed by atoms with Crippen molar-refractivity contribution in [3.8, 4) is 11.5 Å². The number of methoxy groups -OCH3 is 1. The first-order valence-electron chi connectivity index (χ1n) is 4.25. The van der Waals surface area contributed by atoms with Gasteiger partial charge in [0.25, 0.3) is 0 Å². The Hall–Kier alpha value is -1.31. The van der Waals surface area contributed by atoms with Crippen LogP contribution in [0.2, 0.25) is 0 Å². The van der Waals surface area contributed by atoms with Crippen molar-refractivity contribution >= 4 is 22.2 Å². The number of aromatic nitrogens is 1. The van der Waals surface area contributed by atoms with Crippen LogP contribution < -0.4 is 9.47 Å². The van der Waals surface area contributed by atoms with E-state index in [1.54, 1.807) is 0 Å². The van der Waals surface area contributed by atoms with Gasteiger partial charge in [-0.2, -0.15) is 0 Å². The average molecular weight is 314 g/mol. The highest BCUT2D eigenvalue weighted by Gasteiger charge is 2.34. The molecule has 0 amide bonds. The van der Waals surface area contributed by atoms with E-state index in [0.717, 1.165) is 13.3 Å². The second-order valence-electron chi connectivity index (χ2n) is 2.82. The van der Waals surface area contributed by atoms with Gasteiger partial charge in [0.15, 0.2) is 17.8 Å². The molecule has 1 rings (SSSR count). The van der Waals surface area contributed by atoms with Gasteiger partial charge in [0.05, 0.1) is 24.6 Å². The van der Waals surface area contributed by atoms with Crippen LogP contribution in [0.1, 0.15) is 16.1 Å². The Balaban J connectivity index is 3.35. The molecule has 1 heterocycles. The number of carbonyl (C=O) groups excluding carboxylic acids is 1. The third-order valence-corrected chi connectivity index (χ3v) is 2.33. The summed E-state index contributed by atoms with van der Waals surface area (Å²) in [6.07, 6.45) is -3.60. The maximum Gasteiger partial charge on any atom is 0.573 e. The minimum Gasteiger partial charge on any atom is -0.491 e. The largest absolute Gasteiger partial charge is 0.573 e. The van der Waals surface area contributed by atoms with Gasteiger partial charge in [-0.3, -0.25) is 9.78 Å². The molecule has 1 aromatic heterocycles. The fourth-order valence-electron chi connectivity index (χ4n) is 1.12. The van der Waals surface area contributed by atoms with E-state index in [1.807, 2.05) is 0 Å². The molecule has 0 fully saturated rings. The second kappa shape index (κ2) is 5.35. The van der Waals surface area contributed by atoms with Crippen LogP contribution in [-0.4, -0.2) is 24.7 Å². The Kier molecular flexibility index (Phi) is 4.33. The molecule has 0 atom stereocenters. The highest BCUT2D eigenvalue weighted by atomic mass is 79.9. The van der Waals surface area contributed by atoms with Gasteiger partial charge in [-0.15, -0.1) is 13.2 Å². The molecule has 0 saturated heterocycles. The van der Waals surface area contributed by atoms with Crippen LogP contribution >= 0.6 is 15.9 Å². The summed E-state index contributed by atoms with van der Waals surface area (Å²) in [5.74, 6) is -0.937. The van der Waals surface area contributed by atoms with Crippen molar-refractivity contribution in [3.05, 3.63) is 17.5 Å². The third kappa shape index (κ3) is 3.32. The molecule has 0 aliphatic rings. The molecule has 0 aliphatic heterocycles. The van der Waals surface area contributed by atoms with Gasteiger partial charge in [-0.1, -0.05) is 15.9 Å². The van der Waals surface area contributed by atoms with Crippen molar-refractivity contribution in [3.63, 3.8) is 0 Å². The zero-order chi connectivity index (χ0) is 13.1. The van der Waals surface area contributed by atoms with Crippen molar-refractivity contribution in [1.29, 1.82) is 0 Å². The molecular formula is C9H7BrF3NO3. The topological polar surface area (TPSA) is 48.4 Å². The molecule has 17 heavy (non-hydrogen) atoms. The minimum atomic E-state index is -4.91. The van der Waals surface area contributed by atoms with Gasteiger partial charge in [0.1, 0.15) is 0 Å². The number of alkyl halides is 4. The lowest BCUT2D eigenvalue weighted by Gasteiger charge is -2.15. The molecule has 0 N–H and O–H groups in total. The number of rotatable bonds is 4. The first-order chi connectivity index (χ1) is 7.92. The van der Waals surface area contributed by atoms with Crippen molar-refractivity contribution in [2.45, 2.75) is 11.7 Å². The van der Waals surface area contributed by atoms with Crippen LogP contribution in [-0.2, 0) is 5.33 Å². The smallest absolute Gasteiger partial charge is 0.491 e. The van der Waals surface area contributed by atoms with Crippen molar-refractivity contribution in [1.82, 2.24) is 4.98 Å². The standard InChI is InChI=1S/C9H7BrF3NO3/c1-16-7-3-14-6(2-10)5(4-15)8(7)17-9(11,12)13/h3-4H,2H2,1H3. The number of halogens is 4. The molecule has 8 heteroatoms. The maximum atomic E-state index is 12.2. The van der Waals surface area contributed by atoms with Crippen LogP contribution in [0, 0.1) is 0 Å². The number of aldehydes is 1. The lowest BCUT2D eigenvalue weighted by atomic mass is 10.2. The maximum absolute atomic E-state index is 12.2. The lowest BCUT2D eigenvalue weighted by Crippen LogP contribution is -2.19. The first-order valence-corrected chi connectivity index (χ1v) is 5.37. The Morgan fingerprint density at radius 1 is 1.53 bits per heavy atom. The number of ether oxygens (including phenoxy) is 2. The third-order valence-electron chi connectivity index (χ3n) is 1.80. The zero-order valence-corrected chi connectivity index (χ0v) is 10.1. The highest BCUT2D eigenvalue weighted by Crippen LogP contribution is 2.35. The summed E-state index contributed by atoms with van der Waals surface area (Å²) in [5, 5.41) is 0.124. The zero-order valence-electron chi connectivity index (χ0n) is 8.55. The monoisotopic (exact) mass is 313 g/mol. The van der Waals surface area contributed by atoms with Gasteiger partial charge in [-0.05, 0) is 0 Å². The van der Waals surface area contributed by atoms with Crippen LogP contribution in [0.4, 0.5) is 13.2 Å². The number of hydrogen-bond acceptors (Lipinski definition) is 4. The molecule has 0 saturated carbocycles. The van der Waals surface area contributed by atoms with Gasteiger partial charge in [0.2, 0.25) is 0 Å². The molecule has 0 aromatic carbocycles. The average Bonchev–Trinajstić information content (AvgIpc) is 2.26. The highest BCUT2D eigenvalue weighted by molar-refractivity contribution is 9.08. The fraction of sp³-hybridized carbons (Fsp3) is 0.333.